The summed E-state index contributed by atoms with van der Waals surface area (Å²) in [7, 11) is 0. The molecule has 8 aromatic carbocycles. The van der Waals surface area contributed by atoms with Crippen LogP contribution in [0.3, 0.4) is 0 Å². The van der Waals surface area contributed by atoms with Crippen LogP contribution in [0.4, 0.5) is 0 Å². The molecule has 0 aliphatic carbocycles. The van der Waals surface area contributed by atoms with E-state index in [1.807, 2.05) is 12.1 Å². The molecule has 4 nitrogen and oxygen atoms in total. The summed E-state index contributed by atoms with van der Waals surface area (Å²) >= 11 is 0. The molecule has 0 fully saturated rings. The van der Waals surface area contributed by atoms with Crippen molar-refractivity contribution in [3.8, 4) is 22.5 Å². The van der Waals surface area contributed by atoms with E-state index in [-0.39, 0.29) is 0 Å². The molecule has 242 valence electrons. The molecule has 0 saturated heterocycles. The van der Waals surface area contributed by atoms with Gasteiger partial charge in [0.25, 0.3) is 0 Å². The molecule has 0 spiro atoms. The number of benzene rings is 8. The molecule has 0 atom stereocenters. The molecule has 0 unspecified atom stereocenters. The van der Waals surface area contributed by atoms with Crippen molar-refractivity contribution in [2.75, 3.05) is 0 Å². The van der Waals surface area contributed by atoms with Crippen molar-refractivity contribution >= 4 is 87.5 Å². The first-order valence-electron chi connectivity index (χ1n) is 17.7. The van der Waals surface area contributed by atoms with Crippen LogP contribution in [-0.2, 0) is 0 Å². The van der Waals surface area contributed by atoms with Crippen LogP contribution in [0.1, 0.15) is 0 Å². The highest BCUT2D eigenvalue weighted by Gasteiger charge is 2.22. The van der Waals surface area contributed by atoms with Gasteiger partial charge in [0.1, 0.15) is 11.2 Å². The van der Waals surface area contributed by atoms with E-state index in [2.05, 4.69) is 167 Å². The molecular weight excluding hydrogens is 637 g/mol. The number of rotatable bonds is 3. The van der Waals surface area contributed by atoms with Gasteiger partial charge < -0.3 is 18.0 Å². The van der Waals surface area contributed by atoms with Gasteiger partial charge in [0, 0.05) is 48.7 Å². The summed E-state index contributed by atoms with van der Waals surface area (Å²) in [5, 5.41) is 9.29. The molecule has 52 heavy (non-hydrogen) atoms. The lowest BCUT2D eigenvalue weighted by molar-refractivity contribution is 0.664. The molecule has 4 heterocycles. The van der Waals surface area contributed by atoms with Crippen LogP contribution in [0.2, 0.25) is 0 Å². The van der Waals surface area contributed by atoms with Crippen molar-refractivity contribution < 1.29 is 8.83 Å². The molecule has 0 aliphatic heterocycles. The van der Waals surface area contributed by atoms with Crippen molar-refractivity contribution in [2.45, 2.75) is 0 Å². The number of hydrogen-bond acceptors (Lipinski definition) is 2. The van der Waals surface area contributed by atoms with Crippen LogP contribution < -0.4 is 0 Å². The second-order valence-electron chi connectivity index (χ2n) is 13.6. The van der Waals surface area contributed by atoms with E-state index in [9.17, 15) is 0 Å². The summed E-state index contributed by atoms with van der Waals surface area (Å²) < 4.78 is 18.2. The Balaban J connectivity index is 1.11. The smallest absolute Gasteiger partial charge is 0.159 e. The largest absolute Gasteiger partial charge is 0.455 e. The number of hydrogen-bond donors (Lipinski definition) is 0. The molecule has 4 heteroatoms. The molecule has 0 amide bonds. The van der Waals surface area contributed by atoms with E-state index in [0.717, 1.165) is 88.4 Å². The molecular formula is C48H28N2O2. The first kappa shape index (κ1) is 27.7. The highest BCUT2D eigenvalue weighted by atomic mass is 16.3. The Morgan fingerprint density at radius 1 is 0.308 bits per heavy atom. The zero-order chi connectivity index (χ0) is 33.9. The van der Waals surface area contributed by atoms with Gasteiger partial charge in [-0.05, 0) is 54.1 Å². The maximum atomic E-state index is 7.07. The third kappa shape index (κ3) is 3.65. The van der Waals surface area contributed by atoms with Crippen molar-refractivity contribution in [1.82, 2.24) is 9.13 Å². The van der Waals surface area contributed by atoms with Gasteiger partial charge in [0.05, 0.1) is 33.4 Å². The predicted molar refractivity (Wildman–Crippen MR) is 215 cm³/mol. The summed E-state index contributed by atoms with van der Waals surface area (Å²) in [4.78, 5) is 0. The average molecular weight is 665 g/mol. The predicted octanol–water partition coefficient (Wildman–Crippen LogP) is 13.3. The first-order valence-corrected chi connectivity index (χ1v) is 17.7. The van der Waals surface area contributed by atoms with E-state index in [1.165, 1.54) is 21.5 Å². The van der Waals surface area contributed by atoms with Crippen LogP contribution in [0.25, 0.3) is 110 Å². The van der Waals surface area contributed by atoms with Crippen molar-refractivity contribution in [2.24, 2.45) is 0 Å². The summed E-state index contributed by atoms with van der Waals surface area (Å²) in [5.41, 5.74) is 12.4. The molecule has 0 bridgehead atoms. The standard InChI is InChI=1S/C48H28N2O2/c1-5-20-39-31(12-1)32-13-2-6-21-40(32)49(39)43-23-10-18-36-37-19-11-24-44(48(37)52-47(36)43)50-41-22-7-3-14-33(41)38-28-29(26-27-42(38)50)30-16-9-17-35-34-15-4-8-25-45(34)51-46(30)35/h1-28H. The Bertz CT molecular complexity index is 3370. The zero-order valence-electron chi connectivity index (χ0n) is 27.9. The van der Waals surface area contributed by atoms with Gasteiger partial charge in [0.2, 0.25) is 0 Å². The molecule has 0 N–H and O–H groups in total. The maximum absolute atomic E-state index is 7.07. The van der Waals surface area contributed by atoms with E-state index in [0.29, 0.717) is 0 Å². The van der Waals surface area contributed by atoms with Gasteiger partial charge in [-0.1, -0.05) is 121 Å². The Hall–Kier alpha value is -7.04. The summed E-state index contributed by atoms with van der Waals surface area (Å²) in [6.07, 6.45) is 0. The lowest BCUT2D eigenvalue weighted by Gasteiger charge is -2.09. The number of nitrogens with zero attached hydrogens (tertiary/aromatic N) is 2. The van der Waals surface area contributed by atoms with Gasteiger partial charge in [-0.3, -0.25) is 0 Å². The van der Waals surface area contributed by atoms with E-state index in [1.54, 1.807) is 0 Å². The van der Waals surface area contributed by atoms with Gasteiger partial charge in [-0.2, -0.15) is 0 Å². The van der Waals surface area contributed by atoms with E-state index >= 15 is 0 Å². The Morgan fingerprint density at radius 2 is 0.769 bits per heavy atom. The zero-order valence-corrected chi connectivity index (χ0v) is 27.9. The number of para-hydroxylation sites is 7. The van der Waals surface area contributed by atoms with Crippen molar-refractivity contribution in [3.63, 3.8) is 0 Å². The third-order valence-corrected chi connectivity index (χ3v) is 10.9. The van der Waals surface area contributed by atoms with Crippen LogP contribution in [-0.4, -0.2) is 9.13 Å². The fourth-order valence-corrected chi connectivity index (χ4v) is 8.70. The van der Waals surface area contributed by atoms with Crippen LogP contribution in [0.15, 0.2) is 179 Å². The van der Waals surface area contributed by atoms with Gasteiger partial charge in [-0.25, -0.2) is 0 Å². The summed E-state index contributed by atoms with van der Waals surface area (Å²) in [6.45, 7) is 0. The Morgan fingerprint density at radius 3 is 1.38 bits per heavy atom. The number of fused-ring (bicyclic) bond motifs is 12. The normalized spacial score (nSPS) is 12.2. The van der Waals surface area contributed by atoms with Crippen molar-refractivity contribution in [1.29, 1.82) is 0 Å². The topological polar surface area (TPSA) is 36.1 Å². The lowest BCUT2D eigenvalue weighted by Crippen LogP contribution is -1.94. The fourth-order valence-electron chi connectivity index (χ4n) is 8.70. The monoisotopic (exact) mass is 664 g/mol. The highest BCUT2D eigenvalue weighted by Crippen LogP contribution is 2.43. The quantitative estimate of drug-likeness (QED) is 0.188. The summed E-state index contributed by atoms with van der Waals surface area (Å²) in [5.74, 6) is 0. The average Bonchev–Trinajstić information content (AvgIpc) is 3.95. The van der Waals surface area contributed by atoms with Crippen LogP contribution >= 0.6 is 0 Å². The Labute approximate surface area is 296 Å². The molecule has 12 aromatic rings. The maximum Gasteiger partial charge on any atom is 0.159 e. The third-order valence-electron chi connectivity index (χ3n) is 10.9. The minimum absolute atomic E-state index is 0.865. The Kier molecular flexibility index (Phi) is 5.47. The van der Waals surface area contributed by atoms with Gasteiger partial charge >= 0.3 is 0 Å². The molecule has 12 rings (SSSR count). The first-order chi connectivity index (χ1) is 25.8. The SMILES string of the molecule is c1ccc2c(c1)oc1c(-c3ccc4c(c3)c3ccccc3n4-c3cccc4c3oc3c(-n5c6ccccc6c6ccccc65)cccc34)cccc12. The van der Waals surface area contributed by atoms with E-state index < -0.39 is 0 Å². The van der Waals surface area contributed by atoms with Crippen LogP contribution in [0, 0.1) is 0 Å². The second kappa shape index (κ2) is 10.3. The number of aromatic nitrogens is 2. The second-order valence-corrected chi connectivity index (χ2v) is 13.6. The fraction of sp³-hybridized carbons (Fsp3) is 0. The minimum atomic E-state index is 0.865. The summed E-state index contributed by atoms with van der Waals surface area (Å²) in [6, 6.07) is 60.4. The van der Waals surface area contributed by atoms with Crippen molar-refractivity contribution in [3.05, 3.63) is 170 Å². The lowest BCUT2D eigenvalue weighted by atomic mass is 10.0. The molecule has 0 radical (unpaired) electrons. The number of furan rings is 2. The highest BCUT2D eigenvalue weighted by molar-refractivity contribution is 6.16. The van der Waals surface area contributed by atoms with Crippen LogP contribution in [0.5, 0.6) is 0 Å². The molecule has 0 aliphatic rings. The molecule has 4 aromatic heterocycles. The molecule has 0 saturated carbocycles. The minimum Gasteiger partial charge on any atom is -0.455 e. The van der Waals surface area contributed by atoms with Gasteiger partial charge in [0.15, 0.2) is 11.2 Å². The van der Waals surface area contributed by atoms with E-state index in [4.69, 9.17) is 8.83 Å². The van der Waals surface area contributed by atoms with Gasteiger partial charge in [-0.15, -0.1) is 0 Å².